The second-order valence-electron chi connectivity index (χ2n) is 4.05. The van der Waals surface area contributed by atoms with Crippen LogP contribution >= 0.6 is 11.8 Å². The summed E-state index contributed by atoms with van der Waals surface area (Å²) in [5, 5.41) is 3.54. The van der Waals surface area contributed by atoms with E-state index < -0.39 is 0 Å². The third kappa shape index (κ3) is 5.03. The summed E-state index contributed by atoms with van der Waals surface area (Å²) in [4.78, 5) is 4.31. The average molecular weight is 241 g/mol. The average Bonchev–Trinajstić information content (AvgIpc) is 2.65. The van der Waals surface area contributed by atoms with E-state index in [0.717, 1.165) is 18.8 Å². The lowest BCUT2D eigenvalue weighted by Gasteiger charge is -2.13. The van der Waals surface area contributed by atoms with Crippen molar-refractivity contribution in [2.24, 2.45) is 7.05 Å². The summed E-state index contributed by atoms with van der Waals surface area (Å²) >= 11 is 2.01. The molecule has 1 rings (SSSR count). The molecule has 0 aromatic carbocycles. The molecule has 4 heteroatoms. The maximum Gasteiger partial charge on any atom is 0.109 e. The van der Waals surface area contributed by atoms with Gasteiger partial charge >= 0.3 is 0 Å². The first-order valence-electron chi connectivity index (χ1n) is 6.01. The van der Waals surface area contributed by atoms with Crippen LogP contribution in [0.5, 0.6) is 0 Å². The number of nitrogens with one attached hydrogen (secondary N) is 1. The van der Waals surface area contributed by atoms with Gasteiger partial charge in [0.25, 0.3) is 0 Å². The Balaban J connectivity index is 2.08. The molecule has 0 bridgehead atoms. The SMILES string of the molecule is CCSCCC(C)NCCc1nccn1C. The predicted molar refractivity (Wildman–Crippen MR) is 72.0 cm³/mol. The number of aromatic nitrogens is 2. The Morgan fingerprint density at radius 3 is 3.00 bits per heavy atom. The van der Waals surface area contributed by atoms with Crippen LogP contribution in [0, 0.1) is 0 Å². The molecule has 1 aromatic heterocycles. The zero-order chi connectivity index (χ0) is 11.8. The van der Waals surface area contributed by atoms with Gasteiger partial charge in [0.05, 0.1) is 0 Å². The van der Waals surface area contributed by atoms with Crippen molar-refractivity contribution in [3.05, 3.63) is 18.2 Å². The van der Waals surface area contributed by atoms with E-state index in [1.807, 2.05) is 31.2 Å². The molecule has 1 aromatic rings. The number of aryl methyl sites for hydroxylation is 1. The van der Waals surface area contributed by atoms with Gasteiger partial charge in [0, 0.05) is 38.4 Å². The molecule has 1 atom stereocenters. The molecule has 0 amide bonds. The molecule has 0 fully saturated rings. The van der Waals surface area contributed by atoms with Gasteiger partial charge in [-0.3, -0.25) is 0 Å². The molecule has 16 heavy (non-hydrogen) atoms. The summed E-state index contributed by atoms with van der Waals surface area (Å²) in [5.41, 5.74) is 0. The highest BCUT2D eigenvalue weighted by molar-refractivity contribution is 7.99. The lowest BCUT2D eigenvalue weighted by Crippen LogP contribution is -2.29. The van der Waals surface area contributed by atoms with Crippen molar-refractivity contribution in [1.82, 2.24) is 14.9 Å². The van der Waals surface area contributed by atoms with Gasteiger partial charge in [0.15, 0.2) is 0 Å². The summed E-state index contributed by atoms with van der Waals surface area (Å²) in [6.07, 6.45) is 6.11. The summed E-state index contributed by atoms with van der Waals surface area (Å²) < 4.78 is 2.08. The van der Waals surface area contributed by atoms with Gasteiger partial charge < -0.3 is 9.88 Å². The summed E-state index contributed by atoms with van der Waals surface area (Å²) in [7, 11) is 2.05. The zero-order valence-corrected chi connectivity index (χ0v) is 11.4. The topological polar surface area (TPSA) is 29.9 Å². The third-order valence-electron chi connectivity index (χ3n) is 2.66. The molecule has 1 heterocycles. The second-order valence-corrected chi connectivity index (χ2v) is 5.44. The molecule has 3 nitrogen and oxygen atoms in total. The Bertz CT molecular complexity index is 286. The minimum atomic E-state index is 0.610. The Hall–Kier alpha value is -0.480. The summed E-state index contributed by atoms with van der Waals surface area (Å²) in [6.45, 7) is 5.49. The van der Waals surface area contributed by atoms with Gasteiger partial charge in [-0.2, -0.15) is 11.8 Å². The molecule has 0 saturated heterocycles. The number of thioether (sulfide) groups is 1. The molecule has 0 aliphatic rings. The highest BCUT2D eigenvalue weighted by Crippen LogP contribution is 2.03. The molecule has 0 radical (unpaired) electrons. The van der Waals surface area contributed by atoms with Crippen LogP contribution in [-0.4, -0.2) is 33.6 Å². The standard InChI is InChI=1S/C12H23N3S/c1-4-16-10-6-11(2)13-7-5-12-14-8-9-15(12)3/h8-9,11,13H,4-7,10H2,1-3H3. The van der Waals surface area contributed by atoms with E-state index in [4.69, 9.17) is 0 Å². The summed E-state index contributed by atoms with van der Waals surface area (Å²) in [5.74, 6) is 3.63. The molecule has 1 unspecified atom stereocenters. The fourth-order valence-corrected chi connectivity index (χ4v) is 2.38. The van der Waals surface area contributed by atoms with Crippen LogP contribution in [-0.2, 0) is 13.5 Å². The third-order valence-corrected chi connectivity index (χ3v) is 3.59. The number of rotatable bonds is 8. The van der Waals surface area contributed by atoms with Crippen molar-refractivity contribution in [1.29, 1.82) is 0 Å². The predicted octanol–water partition coefficient (Wildman–Crippen LogP) is 2.08. The van der Waals surface area contributed by atoms with E-state index >= 15 is 0 Å². The van der Waals surface area contributed by atoms with Gasteiger partial charge in [-0.15, -0.1) is 0 Å². The van der Waals surface area contributed by atoms with Crippen molar-refractivity contribution >= 4 is 11.8 Å². The fourth-order valence-electron chi connectivity index (χ4n) is 1.57. The van der Waals surface area contributed by atoms with Crippen LogP contribution in [0.4, 0.5) is 0 Å². The van der Waals surface area contributed by atoms with Crippen LogP contribution in [0.2, 0.25) is 0 Å². The minimum Gasteiger partial charge on any atom is -0.338 e. The molecule has 92 valence electrons. The molecular weight excluding hydrogens is 218 g/mol. The molecule has 0 spiro atoms. The quantitative estimate of drug-likeness (QED) is 0.707. The van der Waals surface area contributed by atoms with Crippen LogP contribution in [0.15, 0.2) is 12.4 Å². The lowest BCUT2D eigenvalue weighted by atomic mass is 10.2. The number of hydrogen-bond acceptors (Lipinski definition) is 3. The monoisotopic (exact) mass is 241 g/mol. The largest absolute Gasteiger partial charge is 0.338 e. The molecule has 0 aliphatic heterocycles. The normalized spacial score (nSPS) is 12.9. The first-order valence-corrected chi connectivity index (χ1v) is 7.16. The van der Waals surface area contributed by atoms with Crippen molar-refractivity contribution in [2.75, 3.05) is 18.1 Å². The van der Waals surface area contributed by atoms with E-state index in [1.54, 1.807) is 0 Å². The van der Waals surface area contributed by atoms with Crippen molar-refractivity contribution in [2.45, 2.75) is 32.7 Å². The maximum absolute atomic E-state index is 4.31. The Morgan fingerprint density at radius 2 is 2.38 bits per heavy atom. The van der Waals surface area contributed by atoms with Crippen LogP contribution < -0.4 is 5.32 Å². The Morgan fingerprint density at radius 1 is 1.56 bits per heavy atom. The molecule has 0 aliphatic carbocycles. The highest BCUT2D eigenvalue weighted by atomic mass is 32.2. The van der Waals surface area contributed by atoms with Gasteiger partial charge in [0.1, 0.15) is 5.82 Å². The van der Waals surface area contributed by atoms with E-state index in [0.29, 0.717) is 6.04 Å². The Labute approximate surface area is 103 Å². The van der Waals surface area contributed by atoms with E-state index in [2.05, 4.69) is 28.7 Å². The Kier molecular flexibility index (Phi) is 6.57. The summed E-state index contributed by atoms with van der Waals surface area (Å²) in [6, 6.07) is 0.610. The van der Waals surface area contributed by atoms with Gasteiger partial charge in [-0.1, -0.05) is 6.92 Å². The fraction of sp³-hybridized carbons (Fsp3) is 0.750. The van der Waals surface area contributed by atoms with Gasteiger partial charge in [-0.25, -0.2) is 4.98 Å². The molecule has 1 N–H and O–H groups in total. The van der Waals surface area contributed by atoms with Crippen molar-refractivity contribution in [3.8, 4) is 0 Å². The first kappa shape index (κ1) is 13.6. The minimum absolute atomic E-state index is 0.610. The van der Waals surface area contributed by atoms with Gasteiger partial charge in [0.2, 0.25) is 0 Å². The van der Waals surface area contributed by atoms with E-state index in [1.165, 1.54) is 17.9 Å². The van der Waals surface area contributed by atoms with Crippen LogP contribution in [0.25, 0.3) is 0 Å². The zero-order valence-electron chi connectivity index (χ0n) is 10.6. The van der Waals surface area contributed by atoms with Crippen molar-refractivity contribution in [3.63, 3.8) is 0 Å². The number of hydrogen-bond donors (Lipinski definition) is 1. The number of nitrogens with zero attached hydrogens (tertiary/aromatic N) is 2. The first-order chi connectivity index (χ1) is 7.74. The number of imidazole rings is 1. The van der Waals surface area contributed by atoms with Crippen LogP contribution in [0.3, 0.4) is 0 Å². The maximum atomic E-state index is 4.31. The van der Waals surface area contributed by atoms with E-state index in [-0.39, 0.29) is 0 Å². The molecule has 0 saturated carbocycles. The lowest BCUT2D eigenvalue weighted by molar-refractivity contribution is 0.532. The van der Waals surface area contributed by atoms with E-state index in [9.17, 15) is 0 Å². The smallest absolute Gasteiger partial charge is 0.109 e. The van der Waals surface area contributed by atoms with Gasteiger partial charge in [-0.05, 0) is 24.9 Å². The van der Waals surface area contributed by atoms with Crippen LogP contribution in [0.1, 0.15) is 26.1 Å². The molecular formula is C12H23N3S. The second kappa shape index (κ2) is 7.74. The highest BCUT2D eigenvalue weighted by Gasteiger charge is 2.02. The van der Waals surface area contributed by atoms with Crippen molar-refractivity contribution < 1.29 is 0 Å².